The minimum atomic E-state index is -3.12. The lowest BCUT2D eigenvalue weighted by Crippen LogP contribution is -2.26. The second kappa shape index (κ2) is 8.50. The molecule has 0 fully saturated rings. The summed E-state index contributed by atoms with van der Waals surface area (Å²) in [6.07, 6.45) is 3.62. The van der Waals surface area contributed by atoms with Crippen molar-refractivity contribution in [2.75, 3.05) is 24.2 Å². The third-order valence-corrected chi connectivity index (χ3v) is 5.39. The number of fused-ring (bicyclic) bond motifs is 1. The highest BCUT2D eigenvalue weighted by molar-refractivity contribution is 7.99. The van der Waals surface area contributed by atoms with Crippen LogP contribution in [0, 0.1) is 0 Å². The number of hydrogen-bond donors (Lipinski definition) is 2. The van der Waals surface area contributed by atoms with Crippen LogP contribution in [-0.4, -0.2) is 34.0 Å². The summed E-state index contributed by atoms with van der Waals surface area (Å²) in [6, 6.07) is 5.97. The Kier molecular flexibility index (Phi) is 6.32. The van der Waals surface area contributed by atoms with Crippen LogP contribution in [0.1, 0.15) is 29.7 Å². The van der Waals surface area contributed by atoms with Crippen LogP contribution in [0.3, 0.4) is 0 Å². The molecular weight excluding hydrogens is 380 g/mol. The molecule has 0 saturated heterocycles. The number of nitrogens with one attached hydrogen (secondary N) is 1. The SMILES string of the molecule is OCCSc1nc2c(c(NCC(F)(F)c3ccccc3Cl)n1)CCCC2. The number of aliphatic hydroxyl groups excluding tert-OH is 1. The van der Waals surface area contributed by atoms with Gasteiger partial charge in [-0.3, -0.25) is 0 Å². The number of anilines is 1. The summed E-state index contributed by atoms with van der Waals surface area (Å²) < 4.78 is 29.2. The average molecular weight is 400 g/mol. The molecule has 3 rings (SSSR count). The fourth-order valence-corrected chi connectivity index (χ4v) is 3.85. The third kappa shape index (κ3) is 4.45. The lowest BCUT2D eigenvalue weighted by molar-refractivity contribution is 0.0106. The maximum absolute atomic E-state index is 14.6. The fourth-order valence-electron chi connectivity index (χ4n) is 2.97. The van der Waals surface area contributed by atoms with Crippen molar-refractivity contribution in [3.05, 3.63) is 46.1 Å². The molecular formula is C18H20ClF2N3OS. The minimum absolute atomic E-state index is 0.0124. The first-order valence-corrected chi connectivity index (χ1v) is 9.88. The summed E-state index contributed by atoms with van der Waals surface area (Å²) >= 11 is 7.25. The molecule has 0 aliphatic heterocycles. The van der Waals surface area contributed by atoms with E-state index in [0.717, 1.165) is 36.9 Å². The van der Waals surface area contributed by atoms with Crippen LogP contribution < -0.4 is 5.32 Å². The quantitative estimate of drug-likeness (QED) is 0.537. The first-order valence-electron chi connectivity index (χ1n) is 8.51. The Morgan fingerprint density at radius 2 is 1.96 bits per heavy atom. The lowest BCUT2D eigenvalue weighted by Gasteiger charge is -2.23. The molecule has 140 valence electrons. The number of rotatable bonds is 7. The Labute approximate surface area is 160 Å². The number of alkyl halides is 2. The van der Waals surface area contributed by atoms with Gasteiger partial charge in [-0.15, -0.1) is 0 Å². The predicted octanol–water partition coefficient (Wildman–Crippen LogP) is 4.30. The van der Waals surface area contributed by atoms with E-state index in [2.05, 4.69) is 15.3 Å². The fraction of sp³-hybridized carbons (Fsp3) is 0.444. The first-order chi connectivity index (χ1) is 12.5. The van der Waals surface area contributed by atoms with Crippen LogP contribution in [0.25, 0.3) is 0 Å². The Balaban J connectivity index is 1.83. The maximum Gasteiger partial charge on any atom is 0.291 e. The number of benzene rings is 1. The van der Waals surface area contributed by atoms with Crippen LogP contribution in [0.5, 0.6) is 0 Å². The van der Waals surface area contributed by atoms with E-state index in [9.17, 15) is 8.78 Å². The molecule has 0 amide bonds. The van der Waals surface area contributed by atoms with Gasteiger partial charge in [0.1, 0.15) is 5.82 Å². The largest absolute Gasteiger partial charge is 0.396 e. The Bertz CT molecular complexity index is 776. The number of aliphatic hydroxyl groups is 1. The van der Waals surface area contributed by atoms with Crippen LogP contribution >= 0.6 is 23.4 Å². The Hall–Kier alpha value is -1.44. The zero-order valence-electron chi connectivity index (χ0n) is 14.1. The molecule has 2 N–H and O–H groups in total. The van der Waals surface area contributed by atoms with Crippen molar-refractivity contribution in [2.45, 2.75) is 36.8 Å². The molecule has 0 atom stereocenters. The molecule has 4 nitrogen and oxygen atoms in total. The number of aromatic nitrogens is 2. The van der Waals surface area contributed by atoms with Crippen molar-refractivity contribution in [2.24, 2.45) is 0 Å². The summed E-state index contributed by atoms with van der Waals surface area (Å²) in [5, 5.41) is 12.4. The van der Waals surface area contributed by atoms with Gasteiger partial charge in [-0.2, -0.15) is 8.78 Å². The molecule has 2 aromatic rings. The van der Waals surface area contributed by atoms with Crippen LogP contribution in [-0.2, 0) is 18.8 Å². The van der Waals surface area contributed by atoms with E-state index in [1.165, 1.54) is 23.9 Å². The molecule has 1 aromatic carbocycles. The molecule has 8 heteroatoms. The molecule has 0 radical (unpaired) electrons. The first kappa shape index (κ1) is 19.3. The van der Waals surface area contributed by atoms with Crippen LogP contribution in [0.4, 0.5) is 14.6 Å². The van der Waals surface area contributed by atoms with E-state index in [1.54, 1.807) is 12.1 Å². The highest BCUT2D eigenvalue weighted by Crippen LogP contribution is 2.34. The molecule has 1 aliphatic rings. The molecule has 0 saturated carbocycles. The highest BCUT2D eigenvalue weighted by atomic mass is 35.5. The van der Waals surface area contributed by atoms with E-state index < -0.39 is 12.5 Å². The zero-order chi connectivity index (χ0) is 18.6. The summed E-state index contributed by atoms with van der Waals surface area (Å²) in [5.41, 5.74) is 1.63. The number of thioether (sulfide) groups is 1. The second-order valence-corrected chi connectivity index (χ2v) is 7.57. The van der Waals surface area contributed by atoms with Gasteiger partial charge in [0, 0.05) is 21.9 Å². The summed E-state index contributed by atoms with van der Waals surface area (Å²) in [6.45, 7) is -0.581. The van der Waals surface area contributed by atoms with Crippen LogP contribution in [0.2, 0.25) is 5.02 Å². The number of halogens is 3. The average Bonchev–Trinajstić information content (AvgIpc) is 2.64. The smallest absolute Gasteiger partial charge is 0.291 e. The van der Waals surface area contributed by atoms with E-state index >= 15 is 0 Å². The molecule has 1 aromatic heterocycles. The zero-order valence-corrected chi connectivity index (χ0v) is 15.7. The van der Waals surface area contributed by atoms with E-state index in [1.807, 2.05) is 0 Å². The maximum atomic E-state index is 14.6. The van der Waals surface area contributed by atoms with Gasteiger partial charge in [-0.25, -0.2) is 9.97 Å². The van der Waals surface area contributed by atoms with Crippen molar-refractivity contribution in [1.82, 2.24) is 9.97 Å². The molecule has 0 spiro atoms. The molecule has 1 aliphatic carbocycles. The number of nitrogens with zero attached hydrogens (tertiary/aromatic N) is 2. The van der Waals surface area contributed by atoms with Crippen molar-refractivity contribution in [3.8, 4) is 0 Å². The molecule has 0 bridgehead atoms. The summed E-state index contributed by atoms with van der Waals surface area (Å²) in [4.78, 5) is 8.93. The summed E-state index contributed by atoms with van der Waals surface area (Å²) in [5.74, 6) is -2.20. The second-order valence-electron chi connectivity index (χ2n) is 6.10. The standard InChI is InChI=1S/C18H20ClF2N3OS/c19-14-7-3-2-6-13(14)18(20,21)11-22-16-12-5-1-4-8-15(12)23-17(24-16)26-10-9-25/h2-3,6-7,25H,1,4-5,8-11H2,(H,22,23,24). The van der Waals surface area contributed by atoms with Gasteiger partial charge in [0.2, 0.25) is 0 Å². The molecule has 26 heavy (non-hydrogen) atoms. The van der Waals surface area contributed by atoms with E-state index in [0.29, 0.717) is 16.7 Å². The number of aryl methyl sites for hydroxylation is 1. The van der Waals surface area contributed by atoms with Crippen LogP contribution in [0.15, 0.2) is 29.4 Å². The van der Waals surface area contributed by atoms with Gasteiger partial charge >= 0.3 is 0 Å². The highest BCUT2D eigenvalue weighted by Gasteiger charge is 2.34. The lowest BCUT2D eigenvalue weighted by atomic mass is 9.96. The Morgan fingerprint density at radius 3 is 2.73 bits per heavy atom. The summed E-state index contributed by atoms with van der Waals surface area (Å²) in [7, 11) is 0. The van der Waals surface area contributed by atoms with E-state index in [-0.39, 0.29) is 17.2 Å². The normalized spacial score (nSPS) is 14.2. The Morgan fingerprint density at radius 1 is 1.19 bits per heavy atom. The van der Waals surface area contributed by atoms with Crippen molar-refractivity contribution in [3.63, 3.8) is 0 Å². The minimum Gasteiger partial charge on any atom is -0.396 e. The van der Waals surface area contributed by atoms with Gasteiger partial charge < -0.3 is 10.4 Å². The predicted molar refractivity (Wildman–Crippen MR) is 100 cm³/mol. The van der Waals surface area contributed by atoms with Gasteiger partial charge in [-0.05, 0) is 31.7 Å². The van der Waals surface area contributed by atoms with Crippen molar-refractivity contribution >= 4 is 29.2 Å². The third-order valence-electron chi connectivity index (χ3n) is 4.23. The van der Waals surface area contributed by atoms with Crippen molar-refractivity contribution in [1.29, 1.82) is 0 Å². The van der Waals surface area contributed by atoms with Gasteiger partial charge in [0.25, 0.3) is 5.92 Å². The monoisotopic (exact) mass is 399 g/mol. The van der Waals surface area contributed by atoms with Gasteiger partial charge in [-0.1, -0.05) is 41.6 Å². The van der Waals surface area contributed by atoms with E-state index in [4.69, 9.17) is 16.7 Å². The van der Waals surface area contributed by atoms with Gasteiger partial charge in [0.05, 0.1) is 18.8 Å². The van der Waals surface area contributed by atoms with Gasteiger partial charge in [0.15, 0.2) is 5.16 Å². The topological polar surface area (TPSA) is 58.0 Å². The molecule has 0 unspecified atom stereocenters. The van der Waals surface area contributed by atoms with Crippen molar-refractivity contribution < 1.29 is 13.9 Å². The molecule has 1 heterocycles. The number of hydrogen-bond acceptors (Lipinski definition) is 5.